The van der Waals surface area contributed by atoms with Gasteiger partial charge in [0, 0.05) is 37.1 Å². The number of sulfonamides is 1. The summed E-state index contributed by atoms with van der Waals surface area (Å²) in [6.07, 6.45) is 5.54. The Morgan fingerprint density at radius 2 is 1.87 bits per heavy atom. The third-order valence-corrected chi connectivity index (χ3v) is 7.26. The lowest BCUT2D eigenvalue weighted by Crippen LogP contribution is -2.41. The molecule has 1 fully saturated rings. The predicted molar refractivity (Wildman–Crippen MR) is 116 cm³/mol. The first-order valence-electron chi connectivity index (χ1n) is 10.0. The minimum absolute atomic E-state index is 0.0484. The van der Waals surface area contributed by atoms with Gasteiger partial charge in [-0.25, -0.2) is 22.1 Å². The molecule has 1 saturated heterocycles. The molecule has 0 spiro atoms. The second-order valence-corrected chi connectivity index (χ2v) is 9.51. The van der Waals surface area contributed by atoms with Gasteiger partial charge in [0.2, 0.25) is 15.9 Å². The van der Waals surface area contributed by atoms with E-state index in [1.165, 1.54) is 16.7 Å². The molecular formula is C22H23FN4O3S. The summed E-state index contributed by atoms with van der Waals surface area (Å²) in [5.41, 5.74) is 1.45. The quantitative estimate of drug-likeness (QED) is 0.636. The molecule has 9 heteroatoms. The van der Waals surface area contributed by atoms with E-state index >= 15 is 0 Å². The van der Waals surface area contributed by atoms with Crippen molar-refractivity contribution in [2.45, 2.75) is 18.6 Å². The SMILES string of the molecule is O=C(Nc1ccc(-n2ccnc2)c(F)c1)C1CCN(S(=O)(=O)Cc2ccccc2)CC1. The normalized spacial score (nSPS) is 15.6. The number of hydrogen-bond donors (Lipinski definition) is 1. The minimum Gasteiger partial charge on any atom is -0.326 e. The molecule has 0 saturated carbocycles. The van der Waals surface area contributed by atoms with Gasteiger partial charge in [0.1, 0.15) is 5.82 Å². The summed E-state index contributed by atoms with van der Waals surface area (Å²) in [5, 5.41) is 2.75. The second-order valence-electron chi connectivity index (χ2n) is 7.54. The highest BCUT2D eigenvalue weighted by Crippen LogP contribution is 2.24. The molecule has 1 N–H and O–H groups in total. The van der Waals surface area contributed by atoms with E-state index in [9.17, 15) is 17.6 Å². The Labute approximate surface area is 180 Å². The number of benzene rings is 2. The first-order chi connectivity index (χ1) is 14.9. The van der Waals surface area contributed by atoms with Crippen LogP contribution in [0.1, 0.15) is 18.4 Å². The highest BCUT2D eigenvalue weighted by atomic mass is 32.2. The Balaban J connectivity index is 1.34. The number of amides is 1. The van der Waals surface area contributed by atoms with Crippen LogP contribution in [0.15, 0.2) is 67.3 Å². The molecule has 0 radical (unpaired) electrons. The molecule has 1 aromatic heterocycles. The predicted octanol–water partition coefficient (Wildman–Crippen LogP) is 3.19. The fraction of sp³-hybridized carbons (Fsp3) is 0.273. The molecule has 3 aromatic rings. The van der Waals surface area contributed by atoms with Crippen LogP contribution in [0.2, 0.25) is 0 Å². The summed E-state index contributed by atoms with van der Waals surface area (Å²) in [7, 11) is -3.43. The van der Waals surface area contributed by atoms with Crippen LogP contribution in [0.4, 0.5) is 10.1 Å². The Bertz CT molecular complexity index is 1140. The van der Waals surface area contributed by atoms with Gasteiger partial charge in [-0.2, -0.15) is 0 Å². The van der Waals surface area contributed by atoms with Crippen molar-refractivity contribution in [1.82, 2.24) is 13.9 Å². The first-order valence-corrected chi connectivity index (χ1v) is 11.6. The Morgan fingerprint density at radius 3 is 2.52 bits per heavy atom. The van der Waals surface area contributed by atoms with E-state index in [4.69, 9.17) is 0 Å². The molecule has 4 rings (SSSR count). The Morgan fingerprint density at radius 1 is 1.13 bits per heavy atom. The van der Waals surface area contributed by atoms with E-state index in [0.717, 1.165) is 5.56 Å². The highest BCUT2D eigenvalue weighted by Gasteiger charge is 2.31. The lowest BCUT2D eigenvalue weighted by Gasteiger charge is -2.30. The van der Waals surface area contributed by atoms with Crippen LogP contribution in [-0.2, 0) is 20.6 Å². The fourth-order valence-corrected chi connectivity index (χ4v) is 5.28. The molecule has 162 valence electrons. The molecule has 0 unspecified atom stereocenters. The number of nitrogens with one attached hydrogen (secondary N) is 1. The number of rotatable bonds is 6. The van der Waals surface area contributed by atoms with Gasteiger partial charge in [0.25, 0.3) is 0 Å². The number of halogens is 1. The maximum atomic E-state index is 14.4. The standard InChI is InChI=1S/C22H23FN4O3S/c23-20-14-19(6-7-21(20)26-13-10-24-16-26)25-22(28)18-8-11-27(12-9-18)31(29,30)15-17-4-2-1-3-5-17/h1-7,10,13-14,16,18H,8-9,11-12,15H2,(H,25,28). The van der Waals surface area contributed by atoms with Crippen molar-refractivity contribution < 1.29 is 17.6 Å². The number of aromatic nitrogens is 2. The van der Waals surface area contributed by atoms with Crippen molar-refractivity contribution in [1.29, 1.82) is 0 Å². The molecule has 2 aromatic carbocycles. The van der Waals surface area contributed by atoms with Gasteiger partial charge in [-0.3, -0.25) is 4.79 Å². The Kier molecular flexibility index (Phi) is 6.15. The highest BCUT2D eigenvalue weighted by molar-refractivity contribution is 7.88. The van der Waals surface area contributed by atoms with Gasteiger partial charge >= 0.3 is 0 Å². The topological polar surface area (TPSA) is 84.3 Å². The lowest BCUT2D eigenvalue weighted by molar-refractivity contribution is -0.120. The average molecular weight is 443 g/mol. The van der Waals surface area contributed by atoms with Crippen molar-refractivity contribution in [3.8, 4) is 5.69 Å². The fourth-order valence-electron chi connectivity index (χ4n) is 3.71. The van der Waals surface area contributed by atoms with Crippen LogP contribution in [-0.4, -0.2) is 41.3 Å². The second kappa shape index (κ2) is 8.99. The molecule has 1 amide bonds. The van der Waals surface area contributed by atoms with Gasteiger partial charge in [-0.15, -0.1) is 0 Å². The maximum Gasteiger partial charge on any atom is 0.227 e. The van der Waals surface area contributed by atoms with Crippen LogP contribution in [0.25, 0.3) is 5.69 Å². The molecule has 2 heterocycles. The van der Waals surface area contributed by atoms with Gasteiger partial charge in [0.15, 0.2) is 0 Å². The number of hydrogen-bond acceptors (Lipinski definition) is 4. The molecule has 7 nitrogen and oxygen atoms in total. The molecule has 31 heavy (non-hydrogen) atoms. The third kappa shape index (κ3) is 5.00. The molecule has 0 aliphatic carbocycles. The molecule has 1 aliphatic rings. The van der Waals surface area contributed by atoms with Gasteiger partial charge in [0.05, 0.1) is 17.8 Å². The van der Waals surface area contributed by atoms with E-state index in [1.807, 2.05) is 18.2 Å². The largest absolute Gasteiger partial charge is 0.326 e. The summed E-state index contributed by atoms with van der Waals surface area (Å²) in [6.45, 7) is 0.586. The number of imidazole rings is 1. The van der Waals surface area contributed by atoms with Crippen molar-refractivity contribution in [2.75, 3.05) is 18.4 Å². The lowest BCUT2D eigenvalue weighted by atomic mass is 9.97. The van der Waals surface area contributed by atoms with E-state index in [-0.39, 0.29) is 17.6 Å². The monoisotopic (exact) mass is 442 g/mol. The van der Waals surface area contributed by atoms with Crippen molar-refractivity contribution in [2.24, 2.45) is 5.92 Å². The number of carbonyl (C=O) groups is 1. The van der Waals surface area contributed by atoms with E-state index < -0.39 is 15.8 Å². The van der Waals surface area contributed by atoms with Gasteiger partial charge in [-0.05, 0) is 36.6 Å². The molecule has 0 atom stereocenters. The van der Waals surface area contributed by atoms with Crippen LogP contribution < -0.4 is 5.32 Å². The molecular weight excluding hydrogens is 419 g/mol. The summed E-state index contributed by atoms with van der Waals surface area (Å²) in [5.74, 6) is -1.07. The molecule has 0 bridgehead atoms. The number of anilines is 1. The van der Waals surface area contributed by atoms with Crippen LogP contribution in [0.5, 0.6) is 0 Å². The average Bonchev–Trinajstić information content (AvgIpc) is 3.29. The summed E-state index contributed by atoms with van der Waals surface area (Å²) in [6, 6.07) is 13.5. The maximum absolute atomic E-state index is 14.4. The van der Waals surface area contributed by atoms with E-state index in [1.54, 1.807) is 41.2 Å². The summed E-state index contributed by atoms with van der Waals surface area (Å²) >= 11 is 0. The zero-order chi connectivity index (χ0) is 21.8. The van der Waals surface area contributed by atoms with E-state index in [0.29, 0.717) is 37.3 Å². The minimum atomic E-state index is -3.43. The van der Waals surface area contributed by atoms with Gasteiger partial charge in [-0.1, -0.05) is 30.3 Å². The number of nitrogens with zero attached hydrogens (tertiary/aromatic N) is 3. The van der Waals surface area contributed by atoms with Gasteiger partial charge < -0.3 is 9.88 Å². The number of piperidine rings is 1. The zero-order valence-electron chi connectivity index (χ0n) is 16.8. The van der Waals surface area contributed by atoms with Crippen molar-refractivity contribution in [3.05, 3.63) is 78.6 Å². The zero-order valence-corrected chi connectivity index (χ0v) is 17.6. The summed E-state index contributed by atoms with van der Waals surface area (Å²) < 4.78 is 42.7. The third-order valence-electron chi connectivity index (χ3n) is 5.41. The van der Waals surface area contributed by atoms with Crippen LogP contribution in [0.3, 0.4) is 0 Å². The Hall–Kier alpha value is -3.04. The van der Waals surface area contributed by atoms with Crippen LogP contribution in [0, 0.1) is 11.7 Å². The van der Waals surface area contributed by atoms with Crippen molar-refractivity contribution in [3.63, 3.8) is 0 Å². The van der Waals surface area contributed by atoms with Crippen molar-refractivity contribution >= 4 is 21.6 Å². The first kappa shape index (κ1) is 21.2. The van der Waals surface area contributed by atoms with E-state index in [2.05, 4.69) is 10.3 Å². The molecule has 1 aliphatic heterocycles. The smallest absolute Gasteiger partial charge is 0.227 e. The summed E-state index contributed by atoms with van der Waals surface area (Å²) in [4.78, 5) is 16.5. The number of carbonyl (C=O) groups excluding carboxylic acids is 1. The van der Waals surface area contributed by atoms with Crippen LogP contribution >= 0.6 is 0 Å².